The van der Waals surface area contributed by atoms with Gasteiger partial charge in [-0.2, -0.15) is 0 Å². The molecular formula is C5H9+. The van der Waals surface area contributed by atoms with Gasteiger partial charge in [-0.05, 0) is 6.42 Å². The third-order valence-electron chi connectivity index (χ3n) is 0.455. The fraction of sp³-hybridized carbons (Fsp3) is 0.600. The molecule has 0 aliphatic carbocycles. The summed E-state index contributed by atoms with van der Waals surface area (Å²) in [5.74, 6) is 0. The maximum absolute atomic E-state index is 5.01. The quantitative estimate of drug-likeness (QED) is 0.433. The summed E-state index contributed by atoms with van der Waals surface area (Å²) >= 11 is 0. The summed E-state index contributed by atoms with van der Waals surface area (Å²) in [6, 6.07) is 0. The van der Waals surface area contributed by atoms with Gasteiger partial charge in [-0.1, -0.05) is 6.92 Å². The summed E-state index contributed by atoms with van der Waals surface area (Å²) in [4.78, 5) is 0. The van der Waals surface area contributed by atoms with Crippen LogP contribution in [0.2, 0.25) is 0 Å². The number of rotatable bonds is 2. The first-order valence-corrected chi connectivity index (χ1v) is 1.95. The molecule has 0 aliphatic rings. The minimum absolute atomic E-state index is 1.04. The molecule has 0 amide bonds. The Morgan fingerprint density at radius 1 is 1.80 bits per heavy atom. The van der Waals surface area contributed by atoms with Crippen LogP contribution in [0.5, 0.6) is 0 Å². The summed E-state index contributed by atoms with van der Waals surface area (Å²) < 4.78 is 0. The molecule has 0 spiro atoms. The normalized spacial score (nSPS) is 7.20. The van der Waals surface area contributed by atoms with Crippen LogP contribution in [0.25, 0.3) is 0 Å². The molecule has 0 aliphatic heterocycles. The lowest BCUT2D eigenvalue weighted by Crippen LogP contribution is -1.52. The molecule has 0 radical (unpaired) electrons. The Labute approximate surface area is 33.5 Å². The Bertz CT molecular complexity index is 21.2. The summed E-state index contributed by atoms with van der Waals surface area (Å²) in [6.45, 7) is 7.11. The van der Waals surface area contributed by atoms with Gasteiger partial charge in [0.2, 0.25) is 6.58 Å². The van der Waals surface area contributed by atoms with Gasteiger partial charge in [0, 0.05) is 6.42 Å². The predicted octanol–water partition coefficient (Wildman–Crippen LogP) is 1.78. The van der Waals surface area contributed by atoms with Crippen LogP contribution in [0.15, 0.2) is 6.08 Å². The molecule has 0 unspecified atom stereocenters. The van der Waals surface area contributed by atoms with Gasteiger partial charge in [-0.3, -0.25) is 0 Å². The van der Waals surface area contributed by atoms with Crippen LogP contribution in [0.4, 0.5) is 0 Å². The zero-order valence-electron chi connectivity index (χ0n) is 3.57. The minimum Gasteiger partial charge on any atom is -0.0649 e. The van der Waals surface area contributed by atoms with Crippen molar-refractivity contribution in [2.24, 2.45) is 0 Å². The van der Waals surface area contributed by atoms with Crippen LogP contribution in [-0.4, -0.2) is 0 Å². The molecule has 0 N–H and O–H groups in total. The minimum atomic E-state index is 1.04. The third-order valence-corrected chi connectivity index (χ3v) is 0.455. The standard InChI is InChI=1S/C5H9/c1-3-5-4-2/h1,3H,4-5H2,2H3/q+1. The molecule has 0 atom stereocenters. The van der Waals surface area contributed by atoms with Crippen molar-refractivity contribution in [1.82, 2.24) is 0 Å². The molecule has 5 heavy (non-hydrogen) atoms. The van der Waals surface area contributed by atoms with E-state index in [9.17, 15) is 0 Å². The second-order valence-corrected chi connectivity index (χ2v) is 1.02. The van der Waals surface area contributed by atoms with E-state index in [1.165, 1.54) is 0 Å². The molecule has 0 aromatic heterocycles. The van der Waals surface area contributed by atoms with Crippen LogP contribution >= 0.6 is 0 Å². The lowest BCUT2D eigenvalue weighted by molar-refractivity contribution is 0.960. The Hall–Kier alpha value is -0.350. The molecule has 0 heteroatoms. The van der Waals surface area contributed by atoms with Gasteiger partial charge >= 0.3 is 0 Å². The number of hydrogen-bond donors (Lipinski definition) is 0. The second-order valence-electron chi connectivity index (χ2n) is 1.02. The molecule has 0 rings (SSSR count). The van der Waals surface area contributed by atoms with Crippen LogP contribution in [0, 0.1) is 6.58 Å². The first kappa shape index (κ1) is 4.65. The first-order valence-electron chi connectivity index (χ1n) is 1.95. The highest BCUT2D eigenvalue weighted by Crippen LogP contribution is 1.81. The Morgan fingerprint density at radius 3 is 2.40 bits per heavy atom. The monoisotopic (exact) mass is 69.1 g/mol. The van der Waals surface area contributed by atoms with E-state index in [1.54, 1.807) is 6.08 Å². The average molecular weight is 69.1 g/mol. The lowest BCUT2D eigenvalue weighted by Gasteiger charge is -1.66. The summed E-state index contributed by atoms with van der Waals surface area (Å²) in [7, 11) is 0. The van der Waals surface area contributed by atoms with Gasteiger partial charge in [0.15, 0.2) is 6.08 Å². The van der Waals surface area contributed by atoms with Crippen molar-refractivity contribution in [2.45, 2.75) is 19.8 Å². The molecule has 0 bridgehead atoms. The lowest BCUT2D eigenvalue weighted by atomic mass is 10.3. The van der Waals surface area contributed by atoms with Gasteiger partial charge in [0.05, 0.1) is 0 Å². The van der Waals surface area contributed by atoms with E-state index >= 15 is 0 Å². The Balaban J connectivity index is 2.40. The van der Waals surface area contributed by atoms with Gasteiger partial charge in [-0.25, -0.2) is 0 Å². The summed E-state index contributed by atoms with van der Waals surface area (Å²) in [5, 5.41) is 0. The maximum atomic E-state index is 5.01. The van der Waals surface area contributed by atoms with E-state index in [2.05, 4.69) is 6.92 Å². The molecule has 0 saturated carbocycles. The predicted molar refractivity (Wildman–Crippen MR) is 23.8 cm³/mol. The summed E-state index contributed by atoms with van der Waals surface area (Å²) in [6.07, 6.45) is 3.89. The Kier molecular flexibility index (Phi) is 3.39. The second kappa shape index (κ2) is 3.65. The van der Waals surface area contributed by atoms with Crippen molar-refractivity contribution in [2.75, 3.05) is 0 Å². The number of allylic oxidation sites excluding steroid dienone is 1. The van der Waals surface area contributed by atoms with Gasteiger partial charge < -0.3 is 0 Å². The van der Waals surface area contributed by atoms with E-state index < -0.39 is 0 Å². The van der Waals surface area contributed by atoms with Crippen molar-refractivity contribution < 1.29 is 0 Å². The SMILES string of the molecule is [CH+]=CCCC. The zero-order chi connectivity index (χ0) is 4.12. The van der Waals surface area contributed by atoms with Crippen molar-refractivity contribution in [3.05, 3.63) is 12.7 Å². The molecule has 28 valence electrons. The topological polar surface area (TPSA) is 0 Å². The molecule has 0 aromatic carbocycles. The van der Waals surface area contributed by atoms with Crippen molar-refractivity contribution in [3.8, 4) is 0 Å². The Morgan fingerprint density at radius 2 is 2.40 bits per heavy atom. The molecule has 0 heterocycles. The van der Waals surface area contributed by atoms with Gasteiger partial charge in [0.1, 0.15) is 0 Å². The van der Waals surface area contributed by atoms with E-state index in [1.807, 2.05) is 0 Å². The molecule has 0 fully saturated rings. The number of hydrogen-bond acceptors (Lipinski definition) is 0. The number of unbranched alkanes of at least 4 members (excludes halogenated alkanes) is 1. The van der Waals surface area contributed by atoms with E-state index in [4.69, 9.17) is 6.58 Å². The molecule has 0 nitrogen and oxygen atoms in total. The van der Waals surface area contributed by atoms with Crippen molar-refractivity contribution in [1.29, 1.82) is 0 Å². The summed E-state index contributed by atoms with van der Waals surface area (Å²) in [5.41, 5.74) is 0. The highest BCUT2D eigenvalue weighted by atomic mass is 13.7. The molecular weight excluding hydrogens is 60.1 g/mol. The average Bonchev–Trinajstić information content (AvgIpc) is 1.41. The zero-order valence-corrected chi connectivity index (χ0v) is 3.57. The van der Waals surface area contributed by atoms with Crippen molar-refractivity contribution in [3.63, 3.8) is 0 Å². The van der Waals surface area contributed by atoms with Crippen LogP contribution in [0.1, 0.15) is 19.8 Å². The highest BCUT2D eigenvalue weighted by molar-refractivity contribution is 4.58. The molecule has 0 saturated heterocycles. The van der Waals surface area contributed by atoms with E-state index in [0.29, 0.717) is 0 Å². The third kappa shape index (κ3) is 3.65. The fourth-order valence-corrected chi connectivity index (χ4v) is 0.167. The maximum Gasteiger partial charge on any atom is 0.201 e. The molecule has 0 aromatic rings. The fourth-order valence-electron chi connectivity index (χ4n) is 0.167. The largest absolute Gasteiger partial charge is 0.201 e. The van der Waals surface area contributed by atoms with E-state index in [0.717, 1.165) is 12.8 Å². The van der Waals surface area contributed by atoms with Gasteiger partial charge in [0.25, 0.3) is 0 Å². The van der Waals surface area contributed by atoms with Crippen LogP contribution in [0.3, 0.4) is 0 Å². The van der Waals surface area contributed by atoms with Crippen LogP contribution in [-0.2, 0) is 0 Å². The van der Waals surface area contributed by atoms with Crippen LogP contribution < -0.4 is 0 Å². The first-order chi connectivity index (χ1) is 2.41. The van der Waals surface area contributed by atoms with Crippen molar-refractivity contribution >= 4 is 0 Å². The highest BCUT2D eigenvalue weighted by Gasteiger charge is 1.70. The van der Waals surface area contributed by atoms with Gasteiger partial charge in [-0.15, -0.1) is 0 Å². The smallest absolute Gasteiger partial charge is 0.0649 e. The van der Waals surface area contributed by atoms with E-state index in [-0.39, 0.29) is 0 Å².